The topological polar surface area (TPSA) is 281 Å². The average molecular weight is 861 g/mol. The zero-order valence-corrected chi connectivity index (χ0v) is 32.8. The molecule has 298 valence electrons. The fourth-order valence-electron chi connectivity index (χ4n) is 7.18. The van der Waals surface area contributed by atoms with Crippen molar-refractivity contribution in [2.75, 3.05) is 7.11 Å². The van der Waals surface area contributed by atoms with Gasteiger partial charge in [-0.1, -0.05) is 18.2 Å². The largest absolute Gasteiger partial charge is 0.497 e. The Labute approximate surface area is 338 Å². The van der Waals surface area contributed by atoms with Crippen LogP contribution in [0.5, 0.6) is 5.75 Å². The molecule has 18 nitrogen and oxygen atoms in total. The van der Waals surface area contributed by atoms with Crippen LogP contribution in [-0.4, -0.2) is 85.9 Å². The minimum absolute atomic E-state index is 0.00391. The van der Waals surface area contributed by atoms with E-state index in [1.807, 2.05) is 42.5 Å². The van der Waals surface area contributed by atoms with Gasteiger partial charge in [0.1, 0.15) is 28.3 Å². The summed E-state index contributed by atoms with van der Waals surface area (Å²) in [5.74, 6) is 0.717. The second kappa shape index (κ2) is 13.0. The predicted molar refractivity (Wildman–Crippen MR) is 217 cm³/mol. The minimum atomic E-state index is -4.70. The Bertz CT molecular complexity index is 3700. The van der Waals surface area contributed by atoms with Crippen molar-refractivity contribution in [3.63, 3.8) is 0 Å². The molecule has 10 rings (SSSR count). The Morgan fingerprint density at radius 3 is 1.27 bits per heavy atom. The van der Waals surface area contributed by atoms with Crippen LogP contribution >= 0.6 is 0 Å². The highest BCUT2D eigenvalue weighted by Gasteiger charge is 2.26. The number of fused-ring (bicyclic) bond motifs is 20. The van der Waals surface area contributed by atoms with Crippen molar-refractivity contribution in [3.05, 3.63) is 97.1 Å². The van der Waals surface area contributed by atoms with E-state index >= 15 is 0 Å². The van der Waals surface area contributed by atoms with Gasteiger partial charge in [-0.3, -0.25) is 13.7 Å². The molecule has 0 amide bonds. The highest BCUT2D eigenvalue weighted by molar-refractivity contribution is 7.86. The summed E-state index contributed by atoms with van der Waals surface area (Å²) >= 11 is 0. The SMILES string of the molecule is COc1ccc(-c2ccc3c4nc5nc(nc6[nH]c(nc7nc(nc([nH]4)c3c2)-c2ccc(S(=O)(=O)O)cc2-7)c2ccc(S(=O)(=O)O)cc62)-c2ccc(S(=O)(=O)O)cc2-5)cc1. The maximum atomic E-state index is 12.3. The zero-order chi connectivity index (χ0) is 41.9. The highest BCUT2D eigenvalue weighted by atomic mass is 32.2. The molecular weight excluding hydrogens is 837 g/mol. The molecule has 0 aliphatic carbocycles. The van der Waals surface area contributed by atoms with Crippen LogP contribution in [0.25, 0.3) is 101 Å². The summed E-state index contributed by atoms with van der Waals surface area (Å²) in [6, 6.07) is 24.3. The van der Waals surface area contributed by atoms with E-state index < -0.39 is 45.0 Å². The Morgan fingerprint density at radius 1 is 0.417 bits per heavy atom. The number of methoxy groups -OCH3 is 1. The van der Waals surface area contributed by atoms with E-state index in [1.165, 1.54) is 48.5 Å². The van der Waals surface area contributed by atoms with Crippen molar-refractivity contribution in [1.29, 1.82) is 0 Å². The monoisotopic (exact) mass is 860 g/mol. The fourth-order valence-corrected chi connectivity index (χ4v) is 8.70. The molecule has 8 bridgehead atoms. The van der Waals surface area contributed by atoms with Crippen LogP contribution in [0.1, 0.15) is 0 Å². The van der Waals surface area contributed by atoms with Gasteiger partial charge < -0.3 is 14.7 Å². The van der Waals surface area contributed by atoms with E-state index in [0.29, 0.717) is 33.0 Å². The fraction of sp³-hybridized carbons (Fsp3) is 0.0256. The Kier molecular flexibility index (Phi) is 8.07. The molecule has 2 aliphatic rings. The number of aromatic nitrogens is 8. The minimum Gasteiger partial charge on any atom is -0.497 e. The summed E-state index contributed by atoms with van der Waals surface area (Å²) in [5.41, 5.74) is 3.25. The first-order valence-corrected chi connectivity index (χ1v) is 21.8. The van der Waals surface area contributed by atoms with Crippen molar-refractivity contribution >= 4 is 74.5 Å². The van der Waals surface area contributed by atoms with Crippen LogP contribution in [0.3, 0.4) is 0 Å². The van der Waals surface area contributed by atoms with Crippen molar-refractivity contribution < 1.29 is 43.6 Å². The number of benzene rings is 5. The number of aromatic amines is 2. The van der Waals surface area contributed by atoms with Gasteiger partial charge in [-0.25, -0.2) is 29.9 Å². The van der Waals surface area contributed by atoms with Gasteiger partial charge in [0.15, 0.2) is 23.3 Å². The van der Waals surface area contributed by atoms with Gasteiger partial charge in [0.25, 0.3) is 30.4 Å². The first-order valence-electron chi connectivity index (χ1n) is 17.5. The van der Waals surface area contributed by atoms with Crippen molar-refractivity contribution in [2.45, 2.75) is 14.7 Å². The van der Waals surface area contributed by atoms with E-state index in [2.05, 4.69) is 15.0 Å². The lowest BCUT2D eigenvalue weighted by Gasteiger charge is -2.04. The third-order valence-electron chi connectivity index (χ3n) is 10.1. The van der Waals surface area contributed by atoms with E-state index in [0.717, 1.165) is 17.2 Å². The lowest BCUT2D eigenvalue weighted by Crippen LogP contribution is -1.98. The van der Waals surface area contributed by atoms with Crippen molar-refractivity contribution in [2.24, 2.45) is 0 Å². The molecule has 0 unspecified atom stereocenters. The highest BCUT2D eigenvalue weighted by Crippen LogP contribution is 2.39. The smallest absolute Gasteiger partial charge is 0.294 e. The number of nitrogens with zero attached hydrogens (tertiary/aromatic N) is 6. The number of H-pyrrole nitrogens is 2. The van der Waals surface area contributed by atoms with Crippen LogP contribution in [0.15, 0.2) is 112 Å². The molecule has 5 heterocycles. The molecule has 21 heteroatoms. The Morgan fingerprint density at radius 2 is 0.800 bits per heavy atom. The van der Waals surface area contributed by atoms with Gasteiger partial charge in [0.2, 0.25) is 0 Å². The number of rotatable bonds is 5. The molecule has 2 aliphatic heterocycles. The summed E-state index contributed by atoms with van der Waals surface area (Å²) in [6.45, 7) is 0. The first kappa shape index (κ1) is 37.3. The van der Waals surface area contributed by atoms with Gasteiger partial charge in [-0.15, -0.1) is 0 Å². The maximum absolute atomic E-state index is 12.3. The molecule has 60 heavy (non-hydrogen) atoms. The molecule has 8 aromatic rings. The standard InChI is InChI=1S/C39H24N8O10S3/c1-57-20-5-2-18(3-6-20)19-4-10-24-28(14-19)36-40-32(24)42-37-30-16-22(59(51,52)53)8-12-26(30)34(44-37)46-39-31-17-23(60(54,55)56)9-13-27(31)35(47-39)45-38-29-15-21(58(48,49)50)7-11-25(29)33(41-36)43-38/h2-17H,1H3,(H,48,49,50)(H,51,52,53)(H,54,55,56)(H2,40,41,42,43,44,45,46,47). The van der Waals surface area contributed by atoms with Crippen molar-refractivity contribution in [1.82, 2.24) is 39.9 Å². The van der Waals surface area contributed by atoms with Crippen LogP contribution in [0, 0.1) is 0 Å². The number of nitrogens with one attached hydrogen (secondary N) is 2. The van der Waals surface area contributed by atoms with Crippen LogP contribution in [-0.2, 0) is 30.4 Å². The third kappa shape index (κ3) is 6.23. The van der Waals surface area contributed by atoms with Crippen LogP contribution < -0.4 is 4.74 Å². The molecule has 0 saturated carbocycles. The normalized spacial score (nSPS) is 12.7. The molecule has 0 fully saturated rings. The van der Waals surface area contributed by atoms with E-state index in [-0.39, 0.29) is 62.4 Å². The molecule has 5 N–H and O–H groups in total. The molecule has 0 radical (unpaired) electrons. The number of hydrogen-bond donors (Lipinski definition) is 5. The third-order valence-corrected chi connectivity index (χ3v) is 12.6. The number of hydrogen-bond acceptors (Lipinski definition) is 13. The van der Waals surface area contributed by atoms with Gasteiger partial charge in [-0.05, 0) is 90.0 Å². The summed E-state index contributed by atoms with van der Waals surface area (Å²) in [5, 5.41) is 1.59. The Balaban J connectivity index is 1.37. The van der Waals surface area contributed by atoms with E-state index in [1.54, 1.807) is 7.11 Å². The second-order valence-electron chi connectivity index (χ2n) is 13.6. The molecule has 0 spiro atoms. The maximum Gasteiger partial charge on any atom is 0.294 e. The molecule has 3 aromatic heterocycles. The summed E-state index contributed by atoms with van der Waals surface area (Å²) in [6.07, 6.45) is 0. The first-order chi connectivity index (χ1) is 28.5. The summed E-state index contributed by atoms with van der Waals surface area (Å²) < 4.78 is 109. The van der Waals surface area contributed by atoms with Gasteiger partial charge in [0, 0.05) is 43.8 Å². The predicted octanol–water partition coefficient (Wildman–Crippen LogP) is 6.28. The molecule has 0 atom stereocenters. The summed E-state index contributed by atoms with van der Waals surface area (Å²) in [4.78, 5) is 33.6. The van der Waals surface area contributed by atoms with Crippen molar-refractivity contribution in [3.8, 4) is 62.4 Å². The summed E-state index contributed by atoms with van der Waals surface area (Å²) in [7, 11) is -12.5. The molecular formula is C39H24N8O10S3. The van der Waals surface area contributed by atoms with Gasteiger partial charge >= 0.3 is 0 Å². The van der Waals surface area contributed by atoms with Crippen LogP contribution in [0.4, 0.5) is 0 Å². The molecule has 5 aromatic carbocycles. The Hall–Kier alpha value is -7.01. The number of ether oxygens (including phenoxy) is 1. The zero-order valence-electron chi connectivity index (χ0n) is 30.3. The van der Waals surface area contributed by atoms with E-state index in [4.69, 9.17) is 29.7 Å². The molecule has 0 saturated heterocycles. The second-order valence-corrected chi connectivity index (χ2v) is 17.9. The van der Waals surface area contributed by atoms with Gasteiger partial charge in [-0.2, -0.15) is 25.3 Å². The average Bonchev–Trinajstić information content (AvgIpc) is 3.94. The lowest BCUT2D eigenvalue weighted by atomic mass is 10.0. The van der Waals surface area contributed by atoms with Crippen LogP contribution in [0.2, 0.25) is 0 Å². The van der Waals surface area contributed by atoms with E-state index in [9.17, 15) is 38.9 Å². The van der Waals surface area contributed by atoms with Gasteiger partial charge in [0.05, 0.1) is 21.8 Å². The lowest BCUT2D eigenvalue weighted by molar-refractivity contribution is 0.415. The quantitative estimate of drug-likeness (QED) is 0.119.